The van der Waals surface area contributed by atoms with Gasteiger partial charge in [0.05, 0.1) is 5.92 Å². The first-order chi connectivity index (χ1) is 4.72. The third-order valence-electron chi connectivity index (χ3n) is 1.64. The van der Waals surface area contributed by atoms with Gasteiger partial charge in [0.1, 0.15) is 0 Å². The topological polar surface area (TPSA) is 37.3 Å². The number of unbranched alkanes of at least 4 members (excludes halogenated alkanes) is 1. The average molecular weight is 239 g/mol. The van der Waals surface area contributed by atoms with E-state index >= 15 is 0 Å². The van der Waals surface area contributed by atoms with Gasteiger partial charge in [0, 0.05) is 21.1 Å². The standard InChI is InChI=1S/C8H15O2.Mo/c1-3-5-6-7(4-2)8(9)10;/h7H,1,3-6H2,2H3,(H,9,10);/q-1;. The van der Waals surface area contributed by atoms with Gasteiger partial charge in [-0.3, -0.25) is 4.79 Å². The average Bonchev–Trinajstić information content (AvgIpc) is 1.89. The molecule has 0 amide bonds. The summed E-state index contributed by atoms with van der Waals surface area (Å²) in [5.41, 5.74) is 0. The van der Waals surface area contributed by atoms with Gasteiger partial charge < -0.3 is 12.0 Å². The van der Waals surface area contributed by atoms with Crippen LogP contribution in [-0.2, 0) is 25.9 Å². The molecule has 1 atom stereocenters. The summed E-state index contributed by atoms with van der Waals surface area (Å²) < 4.78 is 0. The Labute approximate surface area is 82.6 Å². The van der Waals surface area contributed by atoms with E-state index in [4.69, 9.17) is 5.11 Å². The molecule has 0 bridgehead atoms. The third kappa shape index (κ3) is 6.55. The van der Waals surface area contributed by atoms with E-state index in [9.17, 15) is 4.79 Å². The van der Waals surface area contributed by atoms with E-state index in [0.717, 1.165) is 25.7 Å². The van der Waals surface area contributed by atoms with Crippen LogP contribution in [0.15, 0.2) is 0 Å². The number of aliphatic carboxylic acids is 1. The van der Waals surface area contributed by atoms with Crippen molar-refractivity contribution in [2.45, 2.75) is 32.6 Å². The molecule has 0 aliphatic heterocycles. The second kappa shape index (κ2) is 8.26. The van der Waals surface area contributed by atoms with Crippen LogP contribution in [-0.4, -0.2) is 11.1 Å². The van der Waals surface area contributed by atoms with E-state index in [1.165, 1.54) is 0 Å². The minimum absolute atomic E-state index is 0. The quantitative estimate of drug-likeness (QED) is 0.589. The minimum atomic E-state index is -0.670. The summed E-state index contributed by atoms with van der Waals surface area (Å²) in [6.45, 7) is 5.56. The number of carboxylic acids is 1. The molecule has 0 aliphatic carbocycles. The molecule has 0 aromatic carbocycles. The Hall–Kier alpha value is 0.158. The van der Waals surface area contributed by atoms with Crippen LogP contribution in [0.3, 0.4) is 0 Å². The summed E-state index contributed by atoms with van der Waals surface area (Å²) in [4.78, 5) is 10.4. The van der Waals surface area contributed by atoms with E-state index in [1.54, 1.807) is 0 Å². The molecule has 0 spiro atoms. The van der Waals surface area contributed by atoms with Crippen molar-refractivity contribution in [3.05, 3.63) is 6.92 Å². The number of carboxylic acid groups (broad SMARTS) is 1. The zero-order valence-corrected chi connectivity index (χ0v) is 8.88. The molecule has 0 aromatic rings. The predicted octanol–water partition coefficient (Wildman–Crippen LogP) is 2.10. The van der Waals surface area contributed by atoms with Gasteiger partial charge in [0.15, 0.2) is 0 Å². The molecule has 11 heavy (non-hydrogen) atoms. The molecule has 0 fully saturated rings. The second-order valence-electron chi connectivity index (χ2n) is 2.44. The molecule has 66 valence electrons. The van der Waals surface area contributed by atoms with Gasteiger partial charge in [-0.2, -0.15) is 6.42 Å². The molecule has 0 saturated heterocycles. The normalized spacial score (nSPS) is 11.8. The van der Waals surface area contributed by atoms with Crippen LogP contribution in [0.25, 0.3) is 0 Å². The smallest absolute Gasteiger partial charge is 0.306 e. The number of rotatable bonds is 5. The molecule has 0 aliphatic rings. The van der Waals surface area contributed by atoms with Gasteiger partial charge >= 0.3 is 5.97 Å². The van der Waals surface area contributed by atoms with Crippen LogP contribution in [0.2, 0.25) is 0 Å². The van der Waals surface area contributed by atoms with Crippen molar-refractivity contribution in [2.75, 3.05) is 0 Å². The van der Waals surface area contributed by atoms with Crippen LogP contribution < -0.4 is 0 Å². The first-order valence-corrected chi connectivity index (χ1v) is 3.74. The Morgan fingerprint density at radius 1 is 1.64 bits per heavy atom. The molecule has 0 saturated carbocycles. The molecule has 0 aromatic heterocycles. The maximum atomic E-state index is 10.4. The molecule has 0 rings (SSSR count). The Bertz CT molecular complexity index is 104. The van der Waals surface area contributed by atoms with Gasteiger partial charge in [-0.1, -0.05) is 13.3 Å². The van der Waals surface area contributed by atoms with Gasteiger partial charge in [-0.05, 0) is 12.8 Å². The van der Waals surface area contributed by atoms with Crippen LogP contribution >= 0.6 is 0 Å². The molecule has 0 radical (unpaired) electrons. The Balaban J connectivity index is 0. The number of carbonyl (C=O) groups is 1. The fourth-order valence-corrected chi connectivity index (χ4v) is 0.893. The molecular formula is C8H15MoO2-. The summed E-state index contributed by atoms with van der Waals surface area (Å²) in [5, 5.41) is 8.58. The largest absolute Gasteiger partial charge is 0.481 e. The zero-order chi connectivity index (χ0) is 7.98. The summed E-state index contributed by atoms with van der Waals surface area (Å²) in [5.74, 6) is -0.822. The monoisotopic (exact) mass is 241 g/mol. The summed E-state index contributed by atoms with van der Waals surface area (Å²) in [7, 11) is 0. The molecule has 1 unspecified atom stereocenters. The summed E-state index contributed by atoms with van der Waals surface area (Å²) >= 11 is 0. The second-order valence-corrected chi connectivity index (χ2v) is 2.44. The molecule has 1 N–H and O–H groups in total. The van der Waals surface area contributed by atoms with Crippen molar-refractivity contribution in [2.24, 2.45) is 5.92 Å². The van der Waals surface area contributed by atoms with Gasteiger partial charge in [-0.25, -0.2) is 0 Å². The van der Waals surface area contributed by atoms with Crippen molar-refractivity contribution in [1.29, 1.82) is 0 Å². The fraction of sp³-hybridized carbons (Fsp3) is 0.750. The van der Waals surface area contributed by atoms with Crippen LogP contribution in [0.1, 0.15) is 32.6 Å². The van der Waals surface area contributed by atoms with E-state index in [2.05, 4.69) is 6.92 Å². The van der Waals surface area contributed by atoms with E-state index in [-0.39, 0.29) is 27.0 Å². The maximum absolute atomic E-state index is 10.4. The zero-order valence-electron chi connectivity index (χ0n) is 6.88. The van der Waals surface area contributed by atoms with Crippen LogP contribution in [0, 0.1) is 12.8 Å². The van der Waals surface area contributed by atoms with E-state index < -0.39 is 5.97 Å². The molecule has 0 heterocycles. The Kier molecular flexibility index (Phi) is 10.3. The van der Waals surface area contributed by atoms with Gasteiger partial charge in [-0.15, -0.1) is 0 Å². The summed E-state index contributed by atoms with van der Waals surface area (Å²) in [6.07, 6.45) is 3.26. The van der Waals surface area contributed by atoms with E-state index in [0.29, 0.717) is 0 Å². The number of hydrogen-bond donors (Lipinski definition) is 1. The predicted molar refractivity (Wildman–Crippen MR) is 40.6 cm³/mol. The fourth-order valence-electron chi connectivity index (χ4n) is 0.893. The van der Waals surface area contributed by atoms with Gasteiger partial charge in [0.25, 0.3) is 0 Å². The van der Waals surface area contributed by atoms with Crippen LogP contribution in [0.5, 0.6) is 0 Å². The van der Waals surface area contributed by atoms with Crippen molar-refractivity contribution in [3.63, 3.8) is 0 Å². The molecule has 3 heteroatoms. The van der Waals surface area contributed by atoms with E-state index in [1.807, 2.05) is 6.92 Å². The Morgan fingerprint density at radius 3 is 2.45 bits per heavy atom. The summed E-state index contributed by atoms with van der Waals surface area (Å²) in [6, 6.07) is 0. The number of hydrogen-bond acceptors (Lipinski definition) is 1. The molecular weight excluding hydrogens is 224 g/mol. The maximum Gasteiger partial charge on any atom is 0.306 e. The third-order valence-corrected chi connectivity index (χ3v) is 1.64. The van der Waals surface area contributed by atoms with Gasteiger partial charge in [0.2, 0.25) is 0 Å². The first-order valence-electron chi connectivity index (χ1n) is 3.74. The SMILES string of the molecule is [CH2-]CCCC(CC)C(=O)O.[Mo]. The first kappa shape index (κ1) is 13.7. The molecule has 2 nitrogen and oxygen atoms in total. The van der Waals surface area contributed by atoms with Crippen molar-refractivity contribution in [3.8, 4) is 0 Å². The minimum Gasteiger partial charge on any atom is -0.481 e. The Morgan fingerprint density at radius 2 is 2.18 bits per heavy atom. The van der Waals surface area contributed by atoms with Crippen LogP contribution in [0.4, 0.5) is 0 Å². The van der Waals surface area contributed by atoms with Crippen molar-refractivity contribution in [1.82, 2.24) is 0 Å². The van der Waals surface area contributed by atoms with Crippen molar-refractivity contribution < 1.29 is 31.0 Å². The van der Waals surface area contributed by atoms with Crippen molar-refractivity contribution >= 4 is 5.97 Å².